The zero-order valence-electron chi connectivity index (χ0n) is 14.0. The Bertz CT molecular complexity index is 364. The van der Waals surface area contributed by atoms with Gasteiger partial charge in [0.05, 0.1) is 8.07 Å². The van der Waals surface area contributed by atoms with Gasteiger partial charge in [-0.1, -0.05) is 62.9 Å². The first-order chi connectivity index (χ1) is 9.47. The van der Waals surface area contributed by atoms with Crippen LogP contribution < -0.4 is 10.5 Å². The Morgan fingerprint density at radius 2 is 1.60 bits per heavy atom. The zero-order chi connectivity index (χ0) is 15.0. The summed E-state index contributed by atoms with van der Waals surface area (Å²) in [6, 6.07) is 9.20. The third-order valence-electron chi connectivity index (χ3n) is 3.87. The monoisotopic (exact) mass is 292 g/mol. The summed E-state index contributed by atoms with van der Waals surface area (Å²) in [5, 5.41) is 5.09. The molecule has 1 aromatic carbocycles. The molecule has 1 rings (SSSR count). The van der Waals surface area contributed by atoms with Crippen LogP contribution in [0.1, 0.15) is 25.8 Å². The lowest BCUT2D eigenvalue weighted by molar-refractivity contribution is 0.298. The van der Waals surface area contributed by atoms with E-state index in [9.17, 15) is 0 Å². The van der Waals surface area contributed by atoms with Gasteiger partial charge in [0, 0.05) is 6.54 Å². The highest BCUT2D eigenvalue weighted by Crippen LogP contribution is 2.04. The van der Waals surface area contributed by atoms with Crippen LogP contribution in [0.5, 0.6) is 0 Å². The van der Waals surface area contributed by atoms with E-state index < -0.39 is 8.07 Å². The van der Waals surface area contributed by atoms with Gasteiger partial charge in [-0.15, -0.1) is 0 Å². The lowest BCUT2D eigenvalue weighted by Crippen LogP contribution is -2.37. The number of rotatable bonds is 9. The molecule has 0 saturated heterocycles. The van der Waals surface area contributed by atoms with Crippen LogP contribution in [0.25, 0.3) is 0 Å². The molecule has 114 valence electrons. The third-order valence-corrected chi connectivity index (χ3v) is 5.94. The molecule has 0 amide bonds. The van der Waals surface area contributed by atoms with Crippen molar-refractivity contribution in [2.45, 2.75) is 46.5 Å². The first-order valence-corrected chi connectivity index (χ1v) is 11.5. The van der Waals surface area contributed by atoms with Crippen LogP contribution in [-0.4, -0.2) is 39.2 Å². The van der Waals surface area contributed by atoms with Gasteiger partial charge < -0.3 is 10.2 Å². The maximum Gasteiger partial charge on any atom is 0.0775 e. The SMILES string of the molecule is CCN(CC)CCCNCc1ccc([Si](C)(C)C)cc1. The van der Waals surface area contributed by atoms with E-state index in [0.717, 1.165) is 26.2 Å². The molecule has 0 heterocycles. The molecule has 0 aliphatic rings. The molecule has 1 aromatic rings. The van der Waals surface area contributed by atoms with Gasteiger partial charge in [0.15, 0.2) is 0 Å². The van der Waals surface area contributed by atoms with Crippen molar-refractivity contribution in [1.29, 1.82) is 0 Å². The van der Waals surface area contributed by atoms with E-state index in [2.05, 4.69) is 68.0 Å². The minimum atomic E-state index is -1.15. The van der Waals surface area contributed by atoms with Gasteiger partial charge in [-0.3, -0.25) is 0 Å². The minimum absolute atomic E-state index is 0.990. The van der Waals surface area contributed by atoms with Gasteiger partial charge in [-0.2, -0.15) is 0 Å². The van der Waals surface area contributed by atoms with E-state index in [4.69, 9.17) is 0 Å². The van der Waals surface area contributed by atoms with Crippen LogP contribution >= 0.6 is 0 Å². The lowest BCUT2D eigenvalue weighted by Gasteiger charge is -2.18. The quantitative estimate of drug-likeness (QED) is 0.556. The summed E-state index contributed by atoms with van der Waals surface area (Å²) in [6.45, 7) is 17.3. The summed E-state index contributed by atoms with van der Waals surface area (Å²) in [5.41, 5.74) is 1.40. The topological polar surface area (TPSA) is 15.3 Å². The van der Waals surface area contributed by atoms with Crippen molar-refractivity contribution >= 4 is 13.3 Å². The van der Waals surface area contributed by atoms with Gasteiger partial charge in [-0.05, 0) is 38.2 Å². The number of hydrogen-bond donors (Lipinski definition) is 1. The second kappa shape index (κ2) is 8.60. The van der Waals surface area contributed by atoms with E-state index in [-0.39, 0.29) is 0 Å². The smallest absolute Gasteiger partial charge is 0.0775 e. The standard InChI is InChI=1S/C17H32N2Si/c1-6-19(7-2)14-8-13-18-15-16-9-11-17(12-10-16)20(3,4)5/h9-12,18H,6-8,13-15H2,1-5H3. The fraction of sp³-hybridized carbons (Fsp3) is 0.647. The number of benzene rings is 1. The molecule has 0 atom stereocenters. The van der Waals surface area contributed by atoms with E-state index in [1.54, 1.807) is 5.19 Å². The van der Waals surface area contributed by atoms with Crippen LogP contribution in [0.15, 0.2) is 24.3 Å². The van der Waals surface area contributed by atoms with Gasteiger partial charge in [0.2, 0.25) is 0 Å². The molecule has 0 aromatic heterocycles. The van der Waals surface area contributed by atoms with E-state index in [0.29, 0.717) is 0 Å². The Hall–Kier alpha value is -0.643. The molecule has 20 heavy (non-hydrogen) atoms. The lowest BCUT2D eigenvalue weighted by atomic mass is 10.2. The summed E-state index contributed by atoms with van der Waals surface area (Å²) >= 11 is 0. The zero-order valence-corrected chi connectivity index (χ0v) is 15.0. The van der Waals surface area contributed by atoms with Gasteiger partial charge in [-0.25, -0.2) is 0 Å². The molecule has 2 nitrogen and oxygen atoms in total. The molecule has 3 heteroatoms. The van der Waals surface area contributed by atoms with Crippen LogP contribution in [0, 0.1) is 0 Å². The van der Waals surface area contributed by atoms with Crippen LogP contribution in [0.3, 0.4) is 0 Å². The maximum atomic E-state index is 3.55. The predicted octanol–water partition coefficient (Wildman–Crippen LogP) is 3.05. The van der Waals surface area contributed by atoms with E-state index >= 15 is 0 Å². The van der Waals surface area contributed by atoms with Crippen molar-refractivity contribution in [3.63, 3.8) is 0 Å². The second-order valence-electron chi connectivity index (χ2n) is 6.50. The summed E-state index contributed by atoms with van der Waals surface area (Å²) in [6.07, 6.45) is 1.23. The average molecular weight is 293 g/mol. The van der Waals surface area contributed by atoms with Crippen LogP contribution in [-0.2, 0) is 6.54 Å². The molecule has 0 bridgehead atoms. The fourth-order valence-corrected chi connectivity index (χ4v) is 3.49. The minimum Gasteiger partial charge on any atom is -0.313 e. The fourth-order valence-electron chi connectivity index (χ4n) is 2.32. The largest absolute Gasteiger partial charge is 0.313 e. The molecule has 0 spiro atoms. The van der Waals surface area contributed by atoms with Crippen molar-refractivity contribution in [3.05, 3.63) is 29.8 Å². The molecule has 0 aliphatic heterocycles. The molecular formula is C17H32N2Si. The number of nitrogens with one attached hydrogen (secondary N) is 1. The summed E-state index contributed by atoms with van der Waals surface area (Å²) in [5.74, 6) is 0. The Labute approximate surface area is 126 Å². The summed E-state index contributed by atoms with van der Waals surface area (Å²) in [4.78, 5) is 2.48. The average Bonchev–Trinajstić information content (AvgIpc) is 2.42. The Kier molecular flexibility index (Phi) is 7.49. The first kappa shape index (κ1) is 17.4. The summed E-state index contributed by atoms with van der Waals surface area (Å²) in [7, 11) is -1.15. The van der Waals surface area contributed by atoms with E-state index in [1.807, 2.05) is 0 Å². The van der Waals surface area contributed by atoms with Gasteiger partial charge in [0.1, 0.15) is 0 Å². The summed E-state index contributed by atoms with van der Waals surface area (Å²) < 4.78 is 0. The van der Waals surface area contributed by atoms with Crippen molar-refractivity contribution in [3.8, 4) is 0 Å². The van der Waals surface area contributed by atoms with Crippen molar-refractivity contribution in [2.75, 3.05) is 26.2 Å². The molecule has 0 aliphatic carbocycles. The molecule has 0 saturated carbocycles. The molecule has 0 fully saturated rings. The van der Waals surface area contributed by atoms with Crippen molar-refractivity contribution in [2.24, 2.45) is 0 Å². The van der Waals surface area contributed by atoms with Gasteiger partial charge >= 0.3 is 0 Å². The second-order valence-corrected chi connectivity index (χ2v) is 11.6. The molecule has 1 N–H and O–H groups in total. The van der Waals surface area contributed by atoms with Crippen molar-refractivity contribution < 1.29 is 0 Å². The molecular weight excluding hydrogens is 260 g/mol. The molecule has 0 unspecified atom stereocenters. The highest BCUT2D eigenvalue weighted by molar-refractivity contribution is 6.88. The Morgan fingerprint density at radius 3 is 2.10 bits per heavy atom. The van der Waals surface area contributed by atoms with Crippen molar-refractivity contribution in [1.82, 2.24) is 10.2 Å². The molecule has 0 radical (unpaired) electrons. The van der Waals surface area contributed by atoms with E-state index in [1.165, 1.54) is 18.5 Å². The normalized spacial score (nSPS) is 12.1. The Morgan fingerprint density at radius 1 is 1.00 bits per heavy atom. The maximum absolute atomic E-state index is 3.55. The number of hydrogen-bond acceptors (Lipinski definition) is 2. The first-order valence-electron chi connectivity index (χ1n) is 7.99. The highest BCUT2D eigenvalue weighted by atomic mass is 28.3. The number of nitrogens with zero attached hydrogens (tertiary/aromatic N) is 1. The Balaban J connectivity index is 2.26. The van der Waals surface area contributed by atoms with Crippen LogP contribution in [0.2, 0.25) is 19.6 Å². The predicted molar refractivity (Wildman–Crippen MR) is 93.5 cm³/mol. The van der Waals surface area contributed by atoms with Crippen LogP contribution in [0.4, 0.5) is 0 Å². The van der Waals surface area contributed by atoms with Gasteiger partial charge in [0.25, 0.3) is 0 Å². The third kappa shape index (κ3) is 6.20. The highest BCUT2D eigenvalue weighted by Gasteiger charge is 2.15.